The predicted molar refractivity (Wildman–Crippen MR) is 99.1 cm³/mol. The van der Waals surface area contributed by atoms with Crippen molar-refractivity contribution in [3.8, 4) is 5.69 Å². The third-order valence-corrected chi connectivity index (χ3v) is 5.18. The van der Waals surface area contributed by atoms with Crippen LogP contribution in [0.15, 0.2) is 33.8 Å². The highest BCUT2D eigenvalue weighted by atomic mass is 32.2. The molecule has 0 amide bonds. The van der Waals surface area contributed by atoms with Crippen molar-refractivity contribution >= 4 is 17.8 Å². The van der Waals surface area contributed by atoms with E-state index in [2.05, 4.69) is 31.0 Å². The molecule has 4 atom stereocenters. The Hall–Kier alpha value is -2.58. The van der Waals surface area contributed by atoms with E-state index in [4.69, 9.17) is 9.15 Å². The lowest BCUT2D eigenvalue weighted by molar-refractivity contribution is -0.179. The average molecular weight is 421 g/mol. The second-order valence-corrected chi connectivity index (χ2v) is 7.39. The number of benzene rings is 1. The summed E-state index contributed by atoms with van der Waals surface area (Å²) in [7, 11) is 0. The molecule has 2 aromatic heterocycles. The topological polar surface area (TPSA) is 164 Å². The van der Waals surface area contributed by atoms with Crippen LogP contribution in [0.25, 0.3) is 5.69 Å². The lowest BCUT2D eigenvalue weighted by Gasteiger charge is -2.34. The maximum atomic E-state index is 9.94. The SMILES string of the molecule is Cc1ccc(-n2nnnc2SCc2nnc(N[C@@H]3OC[C@@H](O)[C@H](O)[C@H]3O)o2)cc1. The summed E-state index contributed by atoms with van der Waals surface area (Å²) in [5.74, 6) is 0.623. The molecule has 0 spiro atoms. The lowest BCUT2D eigenvalue weighted by Crippen LogP contribution is -2.55. The zero-order valence-corrected chi connectivity index (χ0v) is 16.1. The summed E-state index contributed by atoms with van der Waals surface area (Å²) in [5, 5.41) is 51.9. The fraction of sp³-hybridized carbons (Fsp3) is 0.438. The van der Waals surface area contributed by atoms with Gasteiger partial charge in [-0.1, -0.05) is 34.6 Å². The van der Waals surface area contributed by atoms with Gasteiger partial charge in [0, 0.05) is 0 Å². The van der Waals surface area contributed by atoms with Crippen LogP contribution in [0.5, 0.6) is 0 Å². The highest BCUT2D eigenvalue weighted by Crippen LogP contribution is 2.24. The number of nitrogens with zero attached hydrogens (tertiary/aromatic N) is 6. The number of tetrazole rings is 1. The maximum absolute atomic E-state index is 9.94. The smallest absolute Gasteiger partial charge is 0.317 e. The Labute approximate surface area is 168 Å². The number of aryl methyl sites for hydroxylation is 1. The minimum atomic E-state index is -1.34. The van der Waals surface area contributed by atoms with Gasteiger partial charge in [-0.2, -0.15) is 4.68 Å². The third kappa shape index (κ3) is 4.38. The monoisotopic (exact) mass is 421 g/mol. The Kier molecular flexibility index (Phi) is 5.73. The Morgan fingerprint density at radius 2 is 1.93 bits per heavy atom. The Balaban J connectivity index is 1.37. The maximum Gasteiger partial charge on any atom is 0.317 e. The molecule has 0 unspecified atom stereocenters. The second kappa shape index (κ2) is 8.42. The van der Waals surface area contributed by atoms with Gasteiger partial charge in [0.25, 0.3) is 0 Å². The van der Waals surface area contributed by atoms with E-state index in [0.717, 1.165) is 11.3 Å². The van der Waals surface area contributed by atoms with Crippen LogP contribution in [0, 0.1) is 6.92 Å². The van der Waals surface area contributed by atoms with Crippen LogP contribution >= 0.6 is 11.8 Å². The zero-order chi connectivity index (χ0) is 20.4. The van der Waals surface area contributed by atoms with Crippen molar-refractivity contribution in [1.29, 1.82) is 0 Å². The summed E-state index contributed by atoms with van der Waals surface area (Å²) in [4.78, 5) is 0. The quantitative estimate of drug-likeness (QED) is 0.378. The van der Waals surface area contributed by atoms with Crippen molar-refractivity contribution in [2.75, 3.05) is 11.9 Å². The molecule has 3 heterocycles. The third-order valence-electron chi connectivity index (χ3n) is 4.28. The molecule has 3 aromatic rings. The summed E-state index contributed by atoms with van der Waals surface area (Å²) in [5.41, 5.74) is 1.97. The molecule has 0 bridgehead atoms. The van der Waals surface area contributed by atoms with Crippen LogP contribution in [0.2, 0.25) is 0 Å². The largest absolute Gasteiger partial charge is 0.407 e. The molecular weight excluding hydrogens is 402 g/mol. The van der Waals surface area contributed by atoms with Crippen molar-refractivity contribution in [2.24, 2.45) is 0 Å². The first-order chi connectivity index (χ1) is 14.0. The Bertz CT molecular complexity index is 949. The summed E-state index contributed by atoms with van der Waals surface area (Å²) in [6, 6.07) is 7.81. The molecule has 4 rings (SSSR count). The van der Waals surface area contributed by atoms with Gasteiger partial charge < -0.3 is 29.8 Å². The van der Waals surface area contributed by atoms with Crippen molar-refractivity contribution in [3.05, 3.63) is 35.7 Å². The van der Waals surface area contributed by atoms with E-state index < -0.39 is 24.5 Å². The van der Waals surface area contributed by atoms with Crippen LogP contribution < -0.4 is 5.32 Å². The second-order valence-electron chi connectivity index (χ2n) is 6.45. The number of aromatic nitrogens is 6. The van der Waals surface area contributed by atoms with Crippen LogP contribution in [0.3, 0.4) is 0 Å². The number of aliphatic hydroxyl groups is 3. The van der Waals surface area contributed by atoms with E-state index in [1.807, 2.05) is 31.2 Å². The van der Waals surface area contributed by atoms with Crippen molar-refractivity contribution < 1.29 is 24.5 Å². The first-order valence-electron chi connectivity index (χ1n) is 8.74. The number of thioether (sulfide) groups is 1. The van der Waals surface area contributed by atoms with Gasteiger partial charge in [0.15, 0.2) is 6.23 Å². The fourth-order valence-corrected chi connectivity index (χ4v) is 3.40. The van der Waals surface area contributed by atoms with Gasteiger partial charge in [-0.3, -0.25) is 0 Å². The molecule has 1 fully saturated rings. The first kappa shape index (κ1) is 19.7. The van der Waals surface area contributed by atoms with Gasteiger partial charge in [-0.05, 0) is 29.5 Å². The van der Waals surface area contributed by atoms with Crippen molar-refractivity contribution in [3.63, 3.8) is 0 Å². The summed E-state index contributed by atoms with van der Waals surface area (Å²) < 4.78 is 12.3. The van der Waals surface area contributed by atoms with E-state index in [0.29, 0.717) is 16.8 Å². The molecule has 0 radical (unpaired) electrons. The fourth-order valence-electron chi connectivity index (χ4n) is 2.67. The normalized spacial score (nSPS) is 24.6. The molecule has 1 aliphatic heterocycles. The van der Waals surface area contributed by atoms with Gasteiger partial charge in [0.05, 0.1) is 18.0 Å². The van der Waals surface area contributed by atoms with Crippen molar-refractivity contribution in [1.82, 2.24) is 30.4 Å². The molecule has 13 heteroatoms. The van der Waals surface area contributed by atoms with E-state index in [-0.39, 0.29) is 12.6 Å². The number of nitrogens with one attached hydrogen (secondary N) is 1. The van der Waals surface area contributed by atoms with Crippen LogP contribution in [-0.4, -0.2) is 76.9 Å². The highest BCUT2D eigenvalue weighted by molar-refractivity contribution is 7.98. The average Bonchev–Trinajstić information content (AvgIpc) is 3.37. The number of hydrogen-bond acceptors (Lipinski definition) is 12. The highest BCUT2D eigenvalue weighted by Gasteiger charge is 2.38. The van der Waals surface area contributed by atoms with Crippen LogP contribution in [-0.2, 0) is 10.5 Å². The first-order valence-corrected chi connectivity index (χ1v) is 9.73. The van der Waals surface area contributed by atoms with Crippen molar-refractivity contribution in [2.45, 2.75) is 42.4 Å². The summed E-state index contributed by atoms with van der Waals surface area (Å²) >= 11 is 1.32. The van der Waals surface area contributed by atoms with Gasteiger partial charge in [-0.25, -0.2) is 0 Å². The van der Waals surface area contributed by atoms with E-state index in [1.54, 1.807) is 4.68 Å². The molecular formula is C16H19N7O5S. The summed E-state index contributed by atoms with van der Waals surface area (Å²) in [6.45, 7) is 1.87. The number of hydrogen-bond donors (Lipinski definition) is 4. The molecule has 1 aromatic carbocycles. The van der Waals surface area contributed by atoms with Gasteiger partial charge in [0.2, 0.25) is 11.0 Å². The number of aliphatic hydroxyl groups excluding tert-OH is 3. The molecule has 29 heavy (non-hydrogen) atoms. The number of anilines is 1. The Morgan fingerprint density at radius 1 is 1.14 bits per heavy atom. The number of rotatable bonds is 6. The van der Waals surface area contributed by atoms with E-state index >= 15 is 0 Å². The van der Waals surface area contributed by atoms with Gasteiger partial charge in [0.1, 0.15) is 18.3 Å². The van der Waals surface area contributed by atoms with Crippen LogP contribution in [0.4, 0.5) is 6.01 Å². The standard InChI is InChI=1S/C16H19N7O5S/c1-8-2-4-9(5-3-8)23-16(20-21-22-23)29-7-11-18-19-15(28-11)17-14-13(26)12(25)10(24)6-27-14/h2-5,10,12-14,24-26H,6-7H2,1H3,(H,17,19)/t10-,12+,13-,14-/m1/s1. The van der Waals surface area contributed by atoms with E-state index in [1.165, 1.54) is 11.8 Å². The molecule has 0 saturated carbocycles. The molecule has 1 aliphatic rings. The van der Waals surface area contributed by atoms with Gasteiger partial charge in [-0.15, -0.1) is 10.2 Å². The molecule has 12 nitrogen and oxygen atoms in total. The van der Waals surface area contributed by atoms with Gasteiger partial charge >= 0.3 is 6.01 Å². The predicted octanol–water partition coefficient (Wildman–Crippen LogP) is -0.503. The summed E-state index contributed by atoms with van der Waals surface area (Å²) in [6.07, 6.45) is -4.82. The minimum absolute atomic E-state index is 0.0198. The molecule has 0 aliphatic carbocycles. The molecule has 154 valence electrons. The minimum Gasteiger partial charge on any atom is -0.407 e. The lowest BCUT2D eigenvalue weighted by atomic mass is 10.0. The number of ether oxygens (including phenoxy) is 1. The molecule has 4 N–H and O–H groups in total. The Morgan fingerprint density at radius 3 is 2.72 bits per heavy atom. The zero-order valence-electron chi connectivity index (χ0n) is 15.3. The van der Waals surface area contributed by atoms with Crippen LogP contribution in [0.1, 0.15) is 11.5 Å². The molecule has 1 saturated heterocycles. The van der Waals surface area contributed by atoms with E-state index in [9.17, 15) is 15.3 Å².